The Hall–Kier alpha value is -2.43. The van der Waals surface area contributed by atoms with E-state index in [9.17, 15) is 10.1 Å². The van der Waals surface area contributed by atoms with E-state index in [0.717, 1.165) is 0 Å². The molecule has 0 aliphatic carbocycles. The molecule has 5 nitrogen and oxygen atoms in total. The molecule has 2 aromatic rings. The number of non-ortho nitro benzene ring substituents is 1. The topological polar surface area (TPSA) is 65.3 Å². The van der Waals surface area contributed by atoms with Crippen molar-refractivity contribution in [2.24, 2.45) is 0 Å². The smallest absolute Gasteiger partial charge is 0.270 e. The molecule has 0 saturated heterocycles. The molecular weight excluding hydrogens is 220 g/mol. The van der Waals surface area contributed by atoms with Gasteiger partial charge in [0.05, 0.1) is 17.7 Å². The zero-order chi connectivity index (χ0) is 12.3. The predicted octanol–water partition coefficient (Wildman–Crippen LogP) is 2.67. The second-order valence-corrected chi connectivity index (χ2v) is 3.37. The van der Waals surface area contributed by atoms with Gasteiger partial charge in [-0.25, -0.2) is 4.98 Å². The van der Waals surface area contributed by atoms with Gasteiger partial charge < -0.3 is 4.74 Å². The molecule has 0 saturated carbocycles. The Bertz CT molecular complexity index is 555. The van der Waals surface area contributed by atoms with Crippen molar-refractivity contribution in [3.63, 3.8) is 0 Å². The fourth-order valence-corrected chi connectivity index (χ4v) is 1.47. The van der Waals surface area contributed by atoms with Gasteiger partial charge in [0.2, 0.25) is 5.88 Å². The maximum Gasteiger partial charge on any atom is 0.270 e. The molecule has 1 aromatic carbocycles. The summed E-state index contributed by atoms with van der Waals surface area (Å²) in [7, 11) is 1.53. The first-order chi connectivity index (χ1) is 8.20. The van der Waals surface area contributed by atoms with Crippen LogP contribution in [0.25, 0.3) is 11.3 Å². The SMILES string of the molecule is COc1cccc(-c2cccc([N+](=O)[O-])c2)n1. The van der Waals surface area contributed by atoms with Crippen molar-refractivity contribution in [3.8, 4) is 17.1 Å². The number of rotatable bonds is 3. The van der Waals surface area contributed by atoms with Crippen LogP contribution >= 0.6 is 0 Å². The molecule has 0 amide bonds. The number of nitro groups is 1. The highest BCUT2D eigenvalue weighted by Gasteiger charge is 2.08. The summed E-state index contributed by atoms with van der Waals surface area (Å²) in [5, 5.41) is 10.7. The first-order valence-corrected chi connectivity index (χ1v) is 4.96. The number of pyridine rings is 1. The van der Waals surface area contributed by atoms with E-state index in [-0.39, 0.29) is 5.69 Å². The van der Waals surface area contributed by atoms with E-state index in [1.165, 1.54) is 19.2 Å². The van der Waals surface area contributed by atoms with Gasteiger partial charge in [0.1, 0.15) is 0 Å². The van der Waals surface area contributed by atoms with Crippen LogP contribution < -0.4 is 4.74 Å². The highest BCUT2D eigenvalue weighted by Crippen LogP contribution is 2.23. The third kappa shape index (κ3) is 2.39. The number of hydrogen-bond acceptors (Lipinski definition) is 4. The normalized spacial score (nSPS) is 9.94. The number of nitrogens with zero attached hydrogens (tertiary/aromatic N) is 2. The molecule has 0 unspecified atom stereocenters. The summed E-state index contributed by atoms with van der Waals surface area (Å²) in [5.74, 6) is 0.481. The Labute approximate surface area is 97.8 Å². The molecule has 0 spiro atoms. The van der Waals surface area contributed by atoms with Gasteiger partial charge in [-0.15, -0.1) is 0 Å². The van der Waals surface area contributed by atoms with Crippen LogP contribution in [0.3, 0.4) is 0 Å². The summed E-state index contributed by atoms with van der Waals surface area (Å²) in [6, 6.07) is 11.6. The fraction of sp³-hybridized carbons (Fsp3) is 0.0833. The molecule has 1 aromatic heterocycles. The van der Waals surface area contributed by atoms with Gasteiger partial charge in [0.25, 0.3) is 5.69 Å². The van der Waals surface area contributed by atoms with Crippen molar-refractivity contribution in [2.75, 3.05) is 7.11 Å². The van der Waals surface area contributed by atoms with Crippen molar-refractivity contribution in [1.82, 2.24) is 4.98 Å². The summed E-state index contributed by atoms with van der Waals surface area (Å²) in [6.07, 6.45) is 0. The maximum atomic E-state index is 10.7. The van der Waals surface area contributed by atoms with Gasteiger partial charge in [-0.05, 0) is 6.07 Å². The Morgan fingerprint density at radius 1 is 1.24 bits per heavy atom. The van der Waals surface area contributed by atoms with Crippen LogP contribution in [0.15, 0.2) is 42.5 Å². The Kier molecular flexibility index (Phi) is 3.00. The van der Waals surface area contributed by atoms with Gasteiger partial charge in [0.15, 0.2) is 0 Å². The van der Waals surface area contributed by atoms with Crippen LogP contribution in [0.2, 0.25) is 0 Å². The molecule has 0 radical (unpaired) electrons. The lowest BCUT2D eigenvalue weighted by molar-refractivity contribution is -0.384. The molecule has 5 heteroatoms. The molecular formula is C12H10N2O3. The van der Waals surface area contributed by atoms with Gasteiger partial charge in [-0.1, -0.05) is 18.2 Å². The molecule has 1 heterocycles. The van der Waals surface area contributed by atoms with E-state index in [1.54, 1.807) is 30.3 Å². The highest BCUT2D eigenvalue weighted by atomic mass is 16.6. The van der Waals surface area contributed by atoms with Crippen molar-refractivity contribution in [2.45, 2.75) is 0 Å². The van der Waals surface area contributed by atoms with Crippen LogP contribution in [-0.2, 0) is 0 Å². The molecule has 2 rings (SSSR count). The van der Waals surface area contributed by atoms with Gasteiger partial charge in [-0.2, -0.15) is 0 Å². The summed E-state index contributed by atoms with van der Waals surface area (Å²) >= 11 is 0. The molecule has 0 N–H and O–H groups in total. The van der Waals surface area contributed by atoms with E-state index >= 15 is 0 Å². The average molecular weight is 230 g/mol. The summed E-state index contributed by atoms with van der Waals surface area (Å²) < 4.78 is 5.01. The lowest BCUT2D eigenvalue weighted by Gasteiger charge is -2.03. The van der Waals surface area contributed by atoms with Crippen LogP contribution in [-0.4, -0.2) is 17.0 Å². The summed E-state index contributed by atoms with van der Waals surface area (Å²) in [6.45, 7) is 0. The third-order valence-corrected chi connectivity index (χ3v) is 2.29. The Morgan fingerprint density at radius 3 is 2.71 bits per heavy atom. The van der Waals surface area contributed by atoms with E-state index in [0.29, 0.717) is 17.1 Å². The van der Waals surface area contributed by atoms with Crippen LogP contribution in [0, 0.1) is 10.1 Å². The van der Waals surface area contributed by atoms with Crippen LogP contribution in [0.4, 0.5) is 5.69 Å². The van der Waals surface area contributed by atoms with E-state index in [1.807, 2.05) is 0 Å². The molecule has 86 valence electrons. The second kappa shape index (κ2) is 4.61. The number of nitro benzene ring substituents is 1. The number of hydrogen-bond donors (Lipinski definition) is 0. The minimum Gasteiger partial charge on any atom is -0.481 e. The lowest BCUT2D eigenvalue weighted by Crippen LogP contribution is -1.91. The van der Waals surface area contributed by atoms with E-state index in [4.69, 9.17) is 4.74 Å². The Balaban J connectivity index is 2.45. The lowest BCUT2D eigenvalue weighted by atomic mass is 10.1. The number of aromatic nitrogens is 1. The maximum absolute atomic E-state index is 10.7. The minimum atomic E-state index is -0.427. The highest BCUT2D eigenvalue weighted by molar-refractivity contribution is 5.62. The quantitative estimate of drug-likeness (QED) is 0.600. The van der Waals surface area contributed by atoms with E-state index < -0.39 is 4.92 Å². The predicted molar refractivity (Wildman–Crippen MR) is 62.9 cm³/mol. The molecule has 0 fully saturated rings. The first kappa shape index (κ1) is 11.1. The van der Waals surface area contributed by atoms with Crippen molar-refractivity contribution in [1.29, 1.82) is 0 Å². The number of benzene rings is 1. The van der Waals surface area contributed by atoms with Gasteiger partial charge in [0, 0.05) is 23.8 Å². The van der Waals surface area contributed by atoms with Gasteiger partial charge in [-0.3, -0.25) is 10.1 Å². The molecule has 17 heavy (non-hydrogen) atoms. The average Bonchev–Trinajstić information content (AvgIpc) is 2.39. The standard InChI is InChI=1S/C12H10N2O3/c1-17-12-7-3-6-11(13-12)9-4-2-5-10(8-9)14(15)16/h2-8H,1H3. The molecule has 0 atom stereocenters. The Morgan fingerprint density at radius 2 is 2.00 bits per heavy atom. The molecule has 0 aliphatic heterocycles. The van der Waals surface area contributed by atoms with Crippen LogP contribution in [0.1, 0.15) is 0 Å². The number of ether oxygens (including phenoxy) is 1. The van der Waals surface area contributed by atoms with Crippen molar-refractivity contribution < 1.29 is 9.66 Å². The van der Waals surface area contributed by atoms with Crippen LogP contribution in [0.5, 0.6) is 5.88 Å². The second-order valence-electron chi connectivity index (χ2n) is 3.37. The minimum absolute atomic E-state index is 0.0483. The zero-order valence-corrected chi connectivity index (χ0v) is 9.16. The van der Waals surface area contributed by atoms with Gasteiger partial charge >= 0.3 is 0 Å². The summed E-state index contributed by atoms with van der Waals surface area (Å²) in [4.78, 5) is 14.5. The molecule has 0 bridgehead atoms. The van der Waals surface area contributed by atoms with Crippen molar-refractivity contribution in [3.05, 3.63) is 52.6 Å². The first-order valence-electron chi connectivity index (χ1n) is 4.96. The summed E-state index contributed by atoms with van der Waals surface area (Å²) in [5.41, 5.74) is 1.39. The van der Waals surface area contributed by atoms with E-state index in [2.05, 4.69) is 4.98 Å². The molecule has 0 aliphatic rings. The largest absolute Gasteiger partial charge is 0.481 e. The zero-order valence-electron chi connectivity index (χ0n) is 9.16. The third-order valence-electron chi connectivity index (χ3n) is 2.29. The van der Waals surface area contributed by atoms with Crippen molar-refractivity contribution >= 4 is 5.69 Å². The monoisotopic (exact) mass is 230 g/mol. The number of methoxy groups -OCH3 is 1. The fourth-order valence-electron chi connectivity index (χ4n) is 1.47.